The third kappa shape index (κ3) is 4.11. The molecule has 1 aromatic heterocycles. The molecule has 0 fully saturated rings. The van der Waals surface area contributed by atoms with Gasteiger partial charge in [-0.05, 0) is 43.3 Å². The highest BCUT2D eigenvalue weighted by molar-refractivity contribution is 7.99. The summed E-state index contributed by atoms with van der Waals surface area (Å²) in [4.78, 5) is 11.6. The van der Waals surface area contributed by atoms with Gasteiger partial charge in [-0.2, -0.15) is 0 Å². The number of ketones is 1. The molecule has 0 aliphatic carbocycles. The van der Waals surface area contributed by atoms with E-state index in [0.717, 1.165) is 10.7 Å². The Morgan fingerprint density at radius 3 is 2.62 bits per heavy atom. The topological polar surface area (TPSA) is 57.0 Å². The highest BCUT2D eigenvalue weighted by Crippen LogP contribution is 2.23. The van der Waals surface area contributed by atoms with E-state index >= 15 is 0 Å². The van der Waals surface area contributed by atoms with E-state index in [1.165, 1.54) is 30.8 Å². The van der Waals surface area contributed by atoms with Crippen molar-refractivity contribution in [3.63, 3.8) is 0 Å². The highest BCUT2D eigenvalue weighted by atomic mass is 32.2. The summed E-state index contributed by atoms with van der Waals surface area (Å²) < 4.78 is 20.6. The molecule has 5 nitrogen and oxygen atoms in total. The molecule has 0 aliphatic rings. The molecule has 1 heterocycles. The van der Waals surface area contributed by atoms with Gasteiger partial charge >= 0.3 is 0 Å². The molecule has 0 spiro atoms. The van der Waals surface area contributed by atoms with Crippen molar-refractivity contribution in [3.05, 3.63) is 59.9 Å². The number of rotatable bonds is 7. The van der Waals surface area contributed by atoms with Crippen molar-refractivity contribution in [2.75, 3.05) is 12.4 Å². The number of benzene rings is 2. The fraction of sp³-hybridized carbons (Fsp3) is 0.211. The molecule has 0 radical (unpaired) electrons. The minimum atomic E-state index is -0.284. The Balaban J connectivity index is 1.59. The fourth-order valence-electron chi connectivity index (χ4n) is 2.46. The van der Waals surface area contributed by atoms with Gasteiger partial charge in [-0.1, -0.05) is 23.9 Å². The lowest BCUT2D eigenvalue weighted by Gasteiger charge is -2.09. The summed E-state index contributed by atoms with van der Waals surface area (Å²) in [6.07, 6.45) is 0. The van der Waals surface area contributed by atoms with Crippen molar-refractivity contribution >= 4 is 17.5 Å². The third-order valence-electron chi connectivity index (χ3n) is 3.78. The van der Waals surface area contributed by atoms with Crippen LogP contribution in [0.3, 0.4) is 0 Å². The summed E-state index contributed by atoms with van der Waals surface area (Å²) in [5, 5.41) is 9.09. The molecule has 3 rings (SSSR count). The minimum Gasteiger partial charge on any atom is -0.492 e. The largest absolute Gasteiger partial charge is 0.492 e. The molecule has 0 unspecified atom stereocenters. The van der Waals surface area contributed by atoms with Crippen LogP contribution in [0, 0.1) is 5.82 Å². The predicted molar refractivity (Wildman–Crippen MR) is 99.1 cm³/mol. The molecule has 0 saturated heterocycles. The number of Topliss-reactive ketones (excluding diaryl/α,β-unsaturated/α-hetero) is 1. The van der Waals surface area contributed by atoms with Crippen LogP contribution in [0.25, 0.3) is 11.4 Å². The first-order chi connectivity index (χ1) is 12.6. The summed E-state index contributed by atoms with van der Waals surface area (Å²) in [5.41, 5.74) is 1.38. The first-order valence-corrected chi connectivity index (χ1v) is 9.05. The summed E-state index contributed by atoms with van der Waals surface area (Å²) in [6, 6.07) is 13.3. The van der Waals surface area contributed by atoms with Crippen LogP contribution in [-0.2, 0) is 7.05 Å². The number of hydrogen-bond donors (Lipinski definition) is 0. The second-order valence-electron chi connectivity index (χ2n) is 5.62. The van der Waals surface area contributed by atoms with Crippen LogP contribution >= 0.6 is 11.8 Å². The number of ether oxygens (including phenoxy) is 1. The Kier molecular flexibility index (Phi) is 5.68. The molecule has 3 aromatic rings. The Labute approximate surface area is 155 Å². The van der Waals surface area contributed by atoms with E-state index in [4.69, 9.17) is 4.74 Å². The van der Waals surface area contributed by atoms with Crippen molar-refractivity contribution in [3.8, 4) is 17.1 Å². The van der Waals surface area contributed by atoms with Gasteiger partial charge in [-0.25, -0.2) is 4.39 Å². The van der Waals surface area contributed by atoms with E-state index in [-0.39, 0.29) is 11.6 Å². The first-order valence-electron chi connectivity index (χ1n) is 8.07. The maximum absolute atomic E-state index is 13.1. The van der Waals surface area contributed by atoms with Crippen LogP contribution < -0.4 is 4.74 Å². The molecule has 0 saturated carbocycles. The molecule has 134 valence electrons. The van der Waals surface area contributed by atoms with Crippen LogP contribution in [0.1, 0.15) is 17.3 Å². The van der Waals surface area contributed by atoms with Gasteiger partial charge in [0.2, 0.25) is 0 Å². The van der Waals surface area contributed by atoms with Gasteiger partial charge in [0.1, 0.15) is 11.6 Å². The minimum absolute atomic E-state index is 0.0227. The zero-order chi connectivity index (χ0) is 18.5. The second kappa shape index (κ2) is 8.14. The van der Waals surface area contributed by atoms with Crippen molar-refractivity contribution in [1.29, 1.82) is 0 Å². The number of thioether (sulfide) groups is 1. The van der Waals surface area contributed by atoms with Crippen LogP contribution in [0.2, 0.25) is 0 Å². The van der Waals surface area contributed by atoms with E-state index in [2.05, 4.69) is 10.2 Å². The Morgan fingerprint density at radius 1 is 1.15 bits per heavy atom. The number of carbonyl (C=O) groups is 1. The Bertz CT molecular complexity index is 909. The highest BCUT2D eigenvalue weighted by Gasteiger charge is 2.12. The molecule has 0 N–H and O–H groups in total. The fourth-order valence-corrected chi connectivity index (χ4v) is 3.19. The molecular weight excluding hydrogens is 353 g/mol. The van der Waals surface area contributed by atoms with Crippen LogP contribution in [0.4, 0.5) is 4.39 Å². The maximum Gasteiger partial charge on any atom is 0.191 e. The van der Waals surface area contributed by atoms with Crippen LogP contribution in [-0.4, -0.2) is 32.9 Å². The molecule has 0 amide bonds. The normalized spacial score (nSPS) is 10.7. The van der Waals surface area contributed by atoms with Gasteiger partial charge in [-0.15, -0.1) is 10.2 Å². The monoisotopic (exact) mass is 371 g/mol. The molecule has 7 heteroatoms. The lowest BCUT2D eigenvalue weighted by atomic mass is 10.1. The summed E-state index contributed by atoms with van der Waals surface area (Å²) >= 11 is 1.50. The van der Waals surface area contributed by atoms with Crippen molar-refractivity contribution < 1.29 is 13.9 Å². The van der Waals surface area contributed by atoms with Crippen molar-refractivity contribution in [2.24, 2.45) is 7.05 Å². The summed E-state index contributed by atoms with van der Waals surface area (Å²) in [7, 11) is 1.87. The van der Waals surface area contributed by atoms with Gasteiger partial charge < -0.3 is 9.30 Å². The molecule has 26 heavy (non-hydrogen) atoms. The zero-order valence-electron chi connectivity index (χ0n) is 14.5. The smallest absolute Gasteiger partial charge is 0.191 e. The van der Waals surface area contributed by atoms with Gasteiger partial charge in [0, 0.05) is 18.4 Å². The van der Waals surface area contributed by atoms with Gasteiger partial charge in [0.05, 0.1) is 12.2 Å². The summed E-state index contributed by atoms with van der Waals surface area (Å²) in [6.45, 7) is 1.96. The molecular formula is C19H18FN3O2S. The third-order valence-corrected chi connectivity index (χ3v) is 4.76. The number of carbonyl (C=O) groups excluding carboxylic acids is 1. The van der Waals surface area contributed by atoms with E-state index in [1.54, 1.807) is 24.3 Å². The Morgan fingerprint density at radius 2 is 1.88 bits per heavy atom. The predicted octanol–water partition coefficient (Wildman–Crippen LogP) is 3.99. The van der Waals surface area contributed by atoms with E-state index in [9.17, 15) is 9.18 Å². The average molecular weight is 371 g/mol. The zero-order valence-corrected chi connectivity index (χ0v) is 15.3. The van der Waals surface area contributed by atoms with Gasteiger partial charge in [0.15, 0.2) is 16.8 Å². The number of aromatic nitrogens is 3. The summed E-state index contributed by atoms with van der Waals surface area (Å²) in [5.74, 6) is 1.61. The maximum atomic E-state index is 13.1. The standard InChI is InChI=1S/C19H18FN3O2S/c1-13(24)16-5-3-4-6-17(16)25-11-12-26-19-22-21-18(23(19)2)14-7-9-15(20)10-8-14/h3-10H,11-12H2,1-2H3. The van der Waals surface area contributed by atoms with Crippen LogP contribution in [0.5, 0.6) is 5.75 Å². The number of para-hydroxylation sites is 1. The second-order valence-corrected chi connectivity index (χ2v) is 6.68. The molecule has 2 aromatic carbocycles. The molecule has 0 aliphatic heterocycles. The van der Waals surface area contributed by atoms with Gasteiger partial charge in [0.25, 0.3) is 0 Å². The van der Waals surface area contributed by atoms with E-state index in [1.807, 2.05) is 23.7 Å². The number of hydrogen-bond acceptors (Lipinski definition) is 5. The number of halogens is 1. The Hall–Kier alpha value is -2.67. The number of nitrogens with zero attached hydrogens (tertiary/aromatic N) is 3. The lowest BCUT2D eigenvalue weighted by molar-refractivity contribution is 0.101. The van der Waals surface area contributed by atoms with Crippen LogP contribution in [0.15, 0.2) is 53.7 Å². The lowest BCUT2D eigenvalue weighted by Crippen LogP contribution is -2.05. The van der Waals surface area contributed by atoms with Gasteiger partial charge in [-0.3, -0.25) is 4.79 Å². The molecule has 0 atom stereocenters. The SMILES string of the molecule is CC(=O)c1ccccc1OCCSc1nnc(-c2ccc(F)cc2)n1C. The van der Waals surface area contributed by atoms with E-state index in [0.29, 0.717) is 29.5 Å². The average Bonchev–Trinajstić information content (AvgIpc) is 3.00. The van der Waals surface area contributed by atoms with Crippen molar-refractivity contribution in [1.82, 2.24) is 14.8 Å². The van der Waals surface area contributed by atoms with E-state index < -0.39 is 0 Å². The van der Waals surface area contributed by atoms with Crippen molar-refractivity contribution in [2.45, 2.75) is 12.1 Å². The first kappa shape index (κ1) is 18.1. The quantitative estimate of drug-likeness (QED) is 0.357. The molecule has 0 bridgehead atoms.